The van der Waals surface area contributed by atoms with Gasteiger partial charge in [-0.3, -0.25) is 4.57 Å². The number of nitrogens with two attached hydrogens (primary N) is 1. The number of rotatable bonds is 4. The van der Waals surface area contributed by atoms with Gasteiger partial charge in [0.1, 0.15) is 0 Å². The quantitative estimate of drug-likeness (QED) is 0.711. The van der Waals surface area contributed by atoms with E-state index in [1.807, 2.05) is 0 Å². The summed E-state index contributed by atoms with van der Waals surface area (Å²) in [5.41, 5.74) is 7.04. The molecule has 21 heavy (non-hydrogen) atoms. The van der Waals surface area contributed by atoms with Crippen molar-refractivity contribution in [2.75, 3.05) is 24.3 Å². The second-order valence-corrected chi connectivity index (χ2v) is 5.21. The van der Waals surface area contributed by atoms with E-state index in [1.165, 1.54) is 0 Å². The van der Waals surface area contributed by atoms with Gasteiger partial charge in [-0.05, 0) is 12.8 Å². The van der Waals surface area contributed by atoms with Gasteiger partial charge in [0.05, 0.1) is 19.5 Å². The zero-order valence-electron chi connectivity index (χ0n) is 11.3. The summed E-state index contributed by atoms with van der Waals surface area (Å²) in [6.45, 7) is 0.140. The van der Waals surface area contributed by atoms with Gasteiger partial charge in [-0.1, -0.05) is 0 Å². The first-order valence-electron chi connectivity index (χ1n) is 6.89. The van der Waals surface area contributed by atoms with Gasteiger partial charge in [0.2, 0.25) is 5.95 Å². The molecule has 0 radical (unpaired) electrons. The second kappa shape index (κ2) is 4.79. The fourth-order valence-corrected chi connectivity index (χ4v) is 2.35. The lowest BCUT2D eigenvalue weighted by atomic mass is 10.4. The van der Waals surface area contributed by atoms with Crippen molar-refractivity contribution in [3.05, 3.63) is 6.33 Å². The number of nitrogen functional groups attached to an aromatic ring is 1. The minimum Gasteiger partial charge on any atom is -0.391 e. The van der Waals surface area contributed by atoms with Crippen LogP contribution < -0.4 is 11.1 Å². The summed E-state index contributed by atoms with van der Waals surface area (Å²) < 4.78 is 12.6. The highest BCUT2D eigenvalue weighted by Gasteiger charge is 2.29. The molecule has 2 aliphatic rings. The van der Waals surface area contributed by atoms with Crippen molar-refractivity contribution in [3.8, 4) is 0 Å². The maximum Gasteiger partial charge on any atom is 0.224 e. The summed E-state index contributed by atoms with van der Waals surface area (Å²) in [5, 5.41) is 12.4. The van der Waals surface area contributed by atoms with E-state index in [1.54, 1.807) is 10.9 Å². The lowest BCUT2D eigenvalue weighted by Crippen LogP contribution is -2.15. The van der Waals surface area contributed by atoms with Gasteiger partial charge in [-0.2, -0.15) is 9.97 Å². The Morgan fingerprint density at radius 1 is 1.43 bits per heavy atom. The Labute approximate surface area is 120 Å². The molecule has 2 aromatic heterocycles. The van der Waals surface area contributed by atoms with Crippen molar-refractivity contribution in [1.29, 1.82) is 0 Å². The van der Waals surface area contributed by atoms with Crippen molar-refractivity contribution in [2.24, 2.45) is 0 Å². The lowest BCUT2D eigenvalue weighted by molar-refractivity contribution is -0.0980. The van der Waals surface area contributed by atoms with Crippen LogP contribution in [0, 0.1) is 0 Å². The molecule has 0 bridgehead atoms. The van der Waals surface area contributed by atoms with E-state index < -0.39 is 6.29 Å². The highest BCUT2D eigenvalue weighted by atomic mass is 16.7. The van der Waals surface area contributed by atoms with Crippen LogP contribution in [0.4, 0.5) is 11.8 Å². The Balaban J connectivity index is 1.71. The number of anilines is 2. The fourth-order valence-electron chi connectivity index (χ4n) is 2.35. The third-order valence-corrected chi connectivity index (χ3v) is 3.55. The Morgan fingerprint density at radius 3 is 3.00 bits per heavy atom. The van der Waals surface area contributed by atoms with E-state index in [0.29, 0.717) is 29.6 Å². The van der Waals surface area contributed by atoms with Gasteiger partial charge in [-0.25, -0.2) is 4.98 Å². The highest BCUT2D eigenvalue weighted by Crippen LogP contribution is 2.30. The van der Waals surface area contributed by atoms with Crippen molar-refractivity contribution in [3.63, 3.8) is 0 Å². The van der Waals surface area contributed by atoms with Gasteiger partial charge in [0.15, 0.2) is 29.5 Å². The number of aliphatic hydroxyl groups is 1. The van der Waals surface area contributed by atoms with Crippen LogP contribution in [0.15, 0.2) is 6.33 Å². The smallest absolute Gasteiger partial charge is 0.224 e. The molecule has 0 aromatic carbocycles. The Morgan fingerprint density at radius 2 is 2.29 bits per heavy atom. The van der Waals surface area contributed by atoms with Crippen LogP contribution in [0.25, 0.3) is 11.2 Å². The zero-order valence-corrected chi connectivity index (χ0v) is 11.3. The maximum absolute atomic E-state index is 9.06. The normalized spacial score (nSPS) is 25.6. The molecule has 1 aliphatic carbocycles. The Bertz CT molecular complexity index is 670. The van der Waals surface area contributed by atoms with E-state index in [2.05, 4.69) is 20.3 Å². The summed E-state index contributed by atoms with van der Waals surface area (Å²) in [6, 6.07) is 0.442. The number of aromatic nitrogens is 4. The highest BCUT2D eigenvalue weighted by molar-refractivity contribution is 5.84. The first kappa shape index (κ1) is 12.7. The van der Waals surface area contributed by atoms with Gasteiger partial charge in [0.25, 0.3) is 0 Å². The third kappa shape index (κ3) is 2.28. The van der Waals surface area contributed by atoms with E-state index >= 15 is 0 Å². The van der Waals surface area contributed by atoms with Crippen LogP contribution in [0.5, 0.6) is 0 Å². The molecule has 2 aromatic rings. The molecule has 2 atom stereocenters. The molecular formula is C12H16N6O3. The molecule has 112 valence electrons. The first-order chi connectivity index (χ1) is 10.2. The third-order valence-electron chi connectivity index (χ3n) is 3.55. The van der Waals surface area contributed by atoms with Crippen molar-refractivity contribution in [1.82, 2.24) is 19.5 Å². The minimum absolute atomic E-state index is 0.185. The summed E-state index contributed by atoms with van der Waals surface area (Å²) in [6.07, 6.45) is 2.89. The average Bonchev–Trinajstić information content (AvgIpc) is 3.01. The molecule has 9 nitrogen and oxygen atoms in total. The predicted molar refractivity (Wildman–Crippen MR) is 73.3 cm³/mol. The number of ether oxygens (including phenoxy) is 2. The monoisotopic (exact) mass is 292 g/mol. The lowest BCUT2D eigenvalue weighted by Gasteiger charge is -2.12. The molecule has 3 heterocycles. The number of fused-ring (bicyclic) bond motifs is 1. The largest absolute Gasteiger partial charge is 0.391 e. The first-order valence-corrected chi connectivity index (χ1v) is 6.89. The maximum atomic E-state index is 9.06. The number of nitrogens with zero attached hydrogens (tertiary/aromatic N) is 4. The average molecular weight is 292 g/mol. The Hall–Kier alpha value is -1.97. The van der Waals surface area contributed by atoms with Gasteiger partial charge in [-0.15, -0.1) is 0 Å². The molecule has 1 saturated heterocycles. The number of aliphatic hydroxyl groups excluding tert-OH is 1. The molecule has 9 heteroatoms. The van der Waals surface area contributed by atoms with E-state index in [-0.39, 0.29) is 18.8 Å². The zero-order chi connectivity index (χ0) is 14.4. The standard InChI is InChI=1S/C12H16N6O3/c13-12-16-10(15-6-1-2-6)9-11(17-12)18(5-14-9)7-4-20-8(3-19)21-7/h5-8,19H,1-4H2,(H3,13,15,16,17)/t7-,8-/m0/s1. The van der Waals surface area contributed by atoms with E-state index in [0.717, 1.165) is 12.8 Å². The number of nitrogens with one attached hydrogen (secondary N) is 1. The summed E-state index contributed by atoms with van der Waals surface area (Å²) in [7, 11) is 0. The molecule has 4 N–H and O–H groups in total. The number of imidazole rings is 1. The van der Waals surface area contributed by atoms with Gasteiger partial charge in [0, 0.05) is 6.04 Å². The van der Waals surface area contributed by atoms with E-state index in [9.17, 15) is 0 Å². The van der Waals surface area contributed by atoms with Gasteiger partial charge >= 0.3 is 0 Å². The van der Waals surface area contributed by atoms with Crippen LogP contribution >= 0.6 is 0 Å². The van der Waals surface area contributed by atoms with Crippen molar-refractivity contribution >= 4 is 22.9 Å². The number of hydrogen-bond acceptors (Lipinski definition) is 8. The second-order valence-electron chi connectivity index (χ2n) is 5.21. The van der Waals surface area contributed by atoms with E-state index in [4.69, 9.17) is 20.3 Å². The van der Waals surface area contributed by atoms with Crippen LogP contribution in [-0.2, 0) is 9.47 Å². The molecule has 0 unspecified atom stereocenters. The Kier molecular flexibility index (Phi) is 2.91. The fraction of sp³-hybridized carbons (Fsp3) is 0.583. The molecular weight excluding hydrogens is 276 g/mol. The molecule has 2 fully saturated rings. The molecule has 1 saturated carbocycles. The predicted octanol–water partition coefficient (Wildman–Crippen LogP) is -0.153. The minimum atomic E-state index is -0.615. The molecule has 4 rings (SSSR count). The summed E-state index contributed by atoms with van der Waals surface area (Å²) in [5.74, 6) is 0.835. The summed E-state index contributed by atoms with van der Waals surface area (Å²) in [4.78, 5) is 12.8. The number of hydrogen-bond donors (Lipinski definition) is 3. The summed E-state index contributed by atoms with van der Waals surface area (Å²) >= 11 is 0. The van der Waals surface area contributed by atoms with Crippen LogP contribution in [0.3, 0.4) is 0 Å². The van der Waals surface area contributed by atoms with Gasteiger partial charge < -0.3 is 25.6 Å². The van der Waals surface area contributed by atoms with Crippen molar-refractivity contribution < 1.29 is 14.6 Å². The van der Waals surface area contributed by atoms with Crippen LogP contribution in [0.2, 0.25) is 0 Å². The molecule has 1 aliphatic heterocycles. The van der Waals surface area contributed by atoms with Crippen LogP contribution in [0.1, 0.15) is 19.1 Å². The van der Waals surface area contributed by atoms with Crippen LogP contribution in [-0.4, -0.2) is 50.2 Å². The molecule has 0 amide bonds. The topological polar surface area (TPSA) is 120 Å². The molecule has 0 spiro atoms. The SMILES string of the molecule is Nc1nc(NC2CC2)c2ncn([C@@H]3CO[C@H](CO)O3)c2n1. The van der Waals surface area contributed by atoms with Crippen molar-refractivity contribution in [2.45, 2.75) is 31.4 Å².